The van der Waals surface area contributed by atoms with Gasteiger partial charge in [-0.3, -0.25) is 27.2 Å². The molecule has 0 fully saturated rings. The maximum atomic E-state index is 7.75. The minimum Gasteiger partial charge on any atom is -0.545 e. The van der Waals surface area contributed by atoms with Crippen molar-refractivity contribution in [1.29, 1.82) is 0 Å². The molecular formula is C10H20O4OsP+. The van der Waals surface area contributed by atoms with Crippen LogP contribution in [0.25, 0.3) is 0 Å². The Hall–Kier alpha value is -0.254. The second kappa shape index (κ2) is 84.4. The summed E-state index contributed by atoms with van der Waals surface area (Å²) in [4.78, 5) is 31.0. The number of hydrogen-bond donors (Lipinski definition) is 0. The molecule has 0 radical (unpaired) electrons. The topological polar surface area (TPSA) is 68.3 Å². The van der Waals surface area contributed by atoms with Gasteiger partial charge in [0.25, 0.3) is 0 Å². The average molecular weight is 425 g/mol. The molecule has 0 aromatic heterocycles. The molecule has 6 heteroatoms. The van der Waals surface area contributed by atoms with Crippen LogP contribution in [0, 0.1) is 0 Å². The third kappa shape index (κ3) is 67.6. The summed E-state index contributed by atoms with van der Waals surface area (Å²) in [6.07, 6.45) is 4.37. The quantitative estimate of drug-likeness (QED) is 0.387. The molecule has 0 aromatic rings. The van der Waals surface area contributed by atoms with Crippen molar-refractivity contribution in [2.45, 2.75) is 20.8 Å². The standard InChI is InChI=1S/C6H15P.4CHO.Os/c1-4-7(5-2)6-3;4*1-2;/h4-6H2,1-3H3;4*1H;/q;4*-1;+4/p+1. The van der Waals surface area contributed by atoms with Crippen LogP contribution in [0.1, 0.15) is 20.8 Å². The Labute approximate surface area is 113 Å². The summed E-state index contributed by atoms with van der Waals surface area (Å²) in [6.45, 7) is 19.9. The molecular weight excluding hydrogens is 405 g/mol. The van der Waals surface area contributed by atoms with Gasteiger partial charge in [-0.25, -0.2) is 0 Å². The second-order valence-electron chi connectivity index (χ2n) is 1.81. The van der Waals surface area contributed by atoms with Crippen LogP contribution in [-0.4, -0.2) is 45.6 Å². The van der Waals surface area contributed by atoms with Crippen LogP contribution >= 0.6 is 7.92 Å². The molecule has 16 heavy (non-hydrogen) atoms. The summed E-state index contributed by atoms with van der Waals surface area (Å²) < 4.78 is 0. The Morgan fingerprint density at radius 1 is 0.625 bits per heavy atom. The smallest absolute Gasteiger partial charge is 0.545 e. The Balaban J connectivity index is -0.0000000238. The zero-order valence-corrected chi connectivity index (χ0v) is 13.5. The molecule has 0 spiro atoms. The van der Waals surface area contributed by atoms with E-state index in [0.29, 0.717) is 0 Å². The molecule has 96 valence electrons. The fraction of sp³-hybridized carbons (Fsp3) is 0.600. The molecule has 0 unspecified atom stereocenters. The van der Waals surface area contributed by atoms with E-state index in [1.807, 2.05) is 0 Å². The maximum Gasteiger partial charge on any atom is 4.00 e. The van der Waals surface area contributed by atoms with E-state index in [1.165, 1.54) is 18.5 Å². The Morgan fingerprint density at radius 2 is 0.750 bits per heavy atom. The summed E-state index contributed by atoms with van der Waals surface area (Å²) in [5.41, 5.74) is 0. The van der Waals surface area contributed by atoms with Crippen molar-refractivity contribution >= 4 is 35.1 Å². The minimum absolute atomic E-state index is 0. The van der Waals surface area contributed by atoms with Crippen molar-refractivity contribution in [2.75, 3.05) is 18.5 Å². The summed E-state index contributed by atoms with van der Waals surface area (Å²) in [7, 11) is 0.137. The van der Waals surface area contributed by atoms with Crippen LogP contribution in [0.5, 0.6) is 0 Å². The van der Waals surface area contributed by atoms with Crippen molar-refractivity contribution in [3.8, 4) is 0 Å². The van der Waals surface area contributed by atoms with E-state index in [2.05, 4.69) is 47.9 Å². The molecule has 0 amide bonds. The Morgan fingerprint density at radius 3 is 0.750 bits per heavy atom. The molecule has 0 rings (SSSR count). The van der Waals surface area contributed by atoms with Gasteiger partial charge in [0.15, 0.2) is 0 Å². The van der Waals surface area contributed by atoms with E-state index >= 15 is 0 Å². The van der Waals surface area contributed by atoms with Crippen LogP contribution in [0.2, 0.25) is 0 Å². The first-order chi connectivity index (χ1) is 7.35. The summed E-state index contributed by atoms with van der Waals surface area (Å²) in [5, 5.41) is 0. The first-order valence-corrected chi connectivity index (χ1v) is 6.25. The first kappa shape index (κ1) is 36.0. The van der Waals surface area contributed by atoms with Crippen molar-refractivity contribution in [3.63, 3.8) is 0 Å². The molecule has 4 nitrogen and oxygen atoms in total. The van der Waals surface area contributed by atoms with Gasteiger partial charge in [-0.2, -0.15) is 0 Å². The summed E-state index contributed by atoms with van der Waals surface area (Å²) in [5.74, 6) is 0. The van der Waals surface area contributed by atoms with E-state index in [4.69, 9.17) is 19.2 Å². The predicted octanol–water partition coefficient (Wildman–Crippen LogP) is 1.16. The van der Waals surface area contributed by atoms with Crippen LogP contribution in [-0.2, 0) is 39.0 Å². The molecule has 0 aromatic carbocycles. The van der Waals surface area contributed by atoms with E-state index in [9.17, 15) is 0 Å². The van der Waals surface area contributed by atoms with E-state index in [-0.39, 0.29) is 27.7 Å². The fourth-order valence-corrected chi connectivity index (χ4v) is 2.25. The van der Waals surface area contributed by atoms with Gasteiger partial charge in [0.1, 0.15) is 0 Å². The fourth-order valence-electron chi connectivity index (χ4n) is 0.750. The van der Waals surface area contributed by atoms with E-state index in [1.54, 1.807) is 0 Å². The Kier molecular flexibility index (Phi) is 190. The van der Waals surface area contributed by atoms with Gasteiger partial charge < -0.3 is 19.2 Å². The average Bonchev–Trinajstić information content (AvgIpc) is 2.41. The molecule has 0 aliphatic carbocycles. The second-order valence-corrected chi connectivity index (χ2v) is 5.43. The third-order valence-electron chi connectivity index (χ3n) is 1.50. The van der Waals surface area contributed by atoms with Gasteiger partial charge in [0, 0.05) is 0 Å². The largest absolute Gasteiger partial charge is 4.00 e. The van der Waals surface area contributed by atoms with Gasteiger partial charge in [0.2, 0.25) is 0 Å². The number of rotatable bonds is 3. The first-order valence-electron chi connectivity index (χ1n) is 4.12. The molecule has 0 aliphatic heterocycles. The SMILES string of the molecule is CC[PH+](CC)CC.[CH-]=O.[CH-]=O.[CH-]=O.[CH-]=O.[Os+4]. The molecule has 0 atom stereocenters. The normalized spacial score (nSPS) is 5.50. The van der Waals surface area contributed by atoms with Crippen molar-refractivity contribution < 1.29 is 39.0 Å². The summed E-state index contributed by atoms with van der Waals surface area (Å²) in [6, 6.07) is 0. The van der Waals surface area contributed by atoms with Crippen molar-refractivity contribution in [1.82, 2.24) is 0 Å². The maximum absolute atomic E-state index is 7.75. The molecule has 0 bridgehead atoms. The van der Waals surface area contributed by atoms with Crippen LogP contribution in [0.4, 0.5) is 0 Å². The third-order valence-corrected chi connectivity index (χ3v) is 4.50. The zero-order chi connectivity index (χ0) is 13.7. The molecule has 0 aliphatic rings. The Bertz CT molecular complexity index is 71.7. The molecule has 0 N–H and O–H groups in total. The zero-order valence-electron chi connectivity index (χ0n) is 9.92. The number of hydrogen-bond acceptors (Lipinski definition) is 4. The van der Waals surface area contributed by atoms with E-state index < -0.39 is 0 Å². The molecule has 0 saturated heterocycles. The van der Waals surface area contributed by atoms with E-state index in [0.717, 1.165) is 0 Å². The van der Waals surface area contributed by atoms with Gasteiger partial charge in [-0.1, -0.05) is 0 Å². The van der Waals surface area contributed by atoms with Crippen LogP contribution in [0.15, 0.2) is 0 Å². The van der Waals surface area contributed by atoms with Crippen LogP contribution < -0.4 is 0 Å². The minimum atomic E-state index is 0. The van der Waals surface area contributed by atoms with Gasteiger partial charge >= 0.3 is 19.8 Å². The van der Waals surface area contributed by atoms with Gasteiger partial charge in [0.05, 0.1) is 18.5 Å². The van der Waals surface area contributed by atoms with Gasteiger partial charge in [-0.15, -0.1) is 0 Å². The molecule has 0 heterocycles. The van der Waals surface area contributed by atoms with Crippen molar-refractivity contribution in [2.24, 2.45) is 0 Å². The number of carbonyl (C=O) groups excluding carboxylic acids is 4. The monoisotopic (exact) mass is 427 g/mol. The predicted molar refractivity (Wildman–Crippen MR) is 66.9 cm³/mol. The van der Waals surface area contributed by atoms with Crippen LogP contribution in [0.3, 0.4) is 0 Å². The van der Waals surface area contributed by atoms with Crippen molar-refractivity contribution in [3.05, 3.63) is 0 Å². The summed E-state index contributed by atoms with van der Waals surface area (Å²) >= 11 is 0. The molecule has 0 saturated carbocycles. The van der Waals surface area contributed by atoms with Gasteiger partial charge in [-0.05, 0) is 28.7 Å².